The van der Waals surface area contributed by atoms with Crippen molar-refractivity contribution >= 4 is 11.6 Å². The molecule has 32 heavy (non-hydrogen) atoms. The van der Waals surface area contributed by atoms with Crippen molar-refractivity contribution in [3.63, 3.8) is 0 Å². The SMILES string of the molecule is Cc1cc2c(cc1C)CC(C1(O)C(c3ccccc3)=CC(C(C)(C)C)=CC1C(C)(C)C)=C2. The highest BCUT2D eigenvalue weighted by atomic mass is 16.3. The number of benzene rings is 2. The minimum atomic E-state index is -1.06. The van der Waals surface area contributed by atoms with Gasteiger partial charge in [0.15, 0.2) is 0 Å². The summed E-state index contributed by atoms with van der Waals surface area (Å²) in [6.45, 7) is 17.9. The first-order valence-electron chi connectivity index (χ1n) is 11.9. The van der Waals surface area contributed by atoms with Crippen LogP contribution in [0.15, 0.2) is 65.8 Å². The standard InChI is InChI=1S/C31H38O/c1-20-14-23-16-26(17-24(23)15-21(20)2)31(32)27(22-12-10-9-11-13-22)18-25(29(3,4)5)19-28(31)30(6,7)8/h9-16,18-19,28,32H,17H2,1-8H3. The zero-order valence-corrected chi connectivity index (χ0v) is 21.0. The van der Waals surface area contributed by atoms with Crippen molar-refractivity contribution in [2.75, 3.05) is 0 Å². The van der Waals surface area contributed by atoms with Crippen LogP contribution < -0.4 is 0 Å². The Morgan fingerprint density at radius 1 is 0.875 bits per heavy atom. The first-order valence-corrected chi connectivity index (χ1v) is 11.9. The molecule has 2 aliphatic rings. The molecule has 0 aliphatic heterocycles. The molecular weight excluding hydrogens is 388 g/mol. The summed E-state index contributed by atoms with van der Waals surface area (Å²) in [4.78, 5) is 0. The van der Waals surface area contributed by atoms with Crippen molar-refractivity contribution in [1.29, 1.82) is 0 Å². The van der Waals surface area contributed by atoms with Gasteiger partial charge in [0.25, 0.3) is 0 Å². The minimum Gasteiger partial charge on any atom is -0.380 e. The zero-order valence-electron chi connectivity index (χ0n) is 21.0. The first kappa shape index (κ1) is 22.8. The van der Waals surface area contributed by atoms with E-state index in [1.807, 2.05) is 6.07 Å². The molecule has 0 amide bonds. The van der Waals surface area contributed by atoms with Crippen LogP contribution in [0.5, 0.6) is 0 Å². The predicted octanol–water partition coefficient (Wildman–Crippen LogP) is 7.71. The maximum atomic E-state index is 12.8. The van der Waals surface area contributed by atoms with Crippen LogP contribution in [0.1, 0.15) is 69.4 Å². The zero-order chi connectivity index (χ0) is 23.5. The van der Waals surface area contributed by atoms with Gasteiger partial charge in [-0.15, -0.1) is 0 Å². The molecular formula is C31H38O. The summed E-state index contributed by atoms with van der Waals surface area (Å²) in [5.41, 5.74) is 8.56. The molecule has 0 radical (unpaired) electrons. The monoisotopic (exact) mass is 426 g/mol. The van der Waals surface area contributed by atoms with E-state index in [2.05, 4.69) is 110 Å². The molecule has 0 spiro atoms. The van der Waals surface area contributed by atoms with Gasteiger partial charge in [0.05, 0.1) is 0 Å². The van der Waals surface area contributed by atoms with E-state index in [9.17, 15) is 5.11 Å². The highest BCUT2D eigenvalue weighted by Crippen LogP contribution is 2.54. The maximum Gasteiger partial charge on any atom is 0.119 e. The fourth-order valence-electron chi connectivity index (χ4n) is 5.29. The van der Waals surface area contributed by atoms with Gasteiger partial charge in [-0.25, -0.2) is 0 Å². The van der Waals surface area contributed by atoms with Gasteiger partial charge >= 0.3 is 0 Å². The van der Waals surface area contributed by atoms with E-state index in [0.29, 0.717) is 0 Å². The van der Waals surface area contributed by atoms with Crippen molar-refractivity contribution in [3.05, 3.63) is 93.6 Å². The molecule has 2 aromatic rings. The third-order valence-electron chi connectivity index (χ3n) is 7.35. The summed E-state index contributed by atoms with van der Waals surface area (Å²) >= 11 is 0. The van der Waals surface area contributed by atoms with Gasteiger partial charge in [0.1, 0.15) is 5.60 Å². The van der Waals surface area contributed by atoms with E-state index < -0.39 is 5.60 Å². The minimum absolute atomic E-state index is 0.00606. The van der Waals surface area contributed by atoms with E-state index in [0.717, 1.165) is 23.1 Å². The largest absolute Gasteiger partial charge is 0.380 e. The molecule has 0 saturated carbocycles. The molecule has 0 fully saturated rings. The van der Waals surface area contributed by atoms with Gasteiger partial charge in [-0.2, -0.15) is 0 Å². The van der Waals surface area contributed by atoms with Crippen molar-refractivity contribution < 1.29 is 5.11 Å². The van der Waals surface area contributed by atoms with Crippen LogP contribution in [0.3, 0.4) is 0 Å². The first-order chi connectivity index (χ1) is 14.8. The summed E-state index contributed by atoms with van der Waals surface area (Å²) in [6, 6.07) is 15.0. The lowest BCUT2D eigenvalue weighted by molar-refractivity contribution is 0.0381. The quantitative estimate of drug-likeness (QED) is 0.521. The highest BCUT2D eigenvalue weighted by Gasteiger charge is 2.51. The third-order valence-corrected chi connectivity index (χ3v) is 7.35. The Kier molecular flexibility index (Phi) is 5.41. The van der Waals surface area contributed by atoms with Gasteiger partial charge < -0.3 is 5.11 Å². The van der Waals surface area contributed by atoms with Crippen molar-refractivity contribution in [3.8, 4) is 0 Å². The van der Waals surface area contributed by atoms with Crippen molar-refractivity contribution in [1.82, 2.24) is 0 Å². The van der Waals surface area contributed by atoms with Crippen molar-refractivity contribution in [2.45, 2.75) is 67.4 Å². The maximum absolute atomic E-state index is 12.8. The second-order valence-electron chi connectivity index (χ2n) is 11.9. The molecule has 2 aromatic carbocycles. The van der Waals surface area contributed by atoms with E-state index in [1.165, 1.54) is 27.8 Å². The van der Waals surface area contributed by atoms with E-state index >= 15 is 0 Å². The molecule has 168 valence electrons. The second kappa shape index (κ2) is 7.59. The molecule has 4 rings (SSSR count). The second-order valence-corrected chi connectivity index (χ2v) is 11.9. The normalized spacial score (nSPS) is 23.4. The molecule has 0 aromatic heterocycles. The van der Waals surface area contributed by atoms with Crippen LogP contribution in [0, 0.1) is 30.6 Å². The third kappa shape index (κ3) is 3.82. The van der Waals surface area contributed by atoms with E-state index in [1.54, 1.807) is 0 Å². The highest BCUT2D eigenvalue weighted by molar-refractivity contribution is 5.84. The molecule has 0 bridgehead atoms. The van der Waals surface area contributed by atoms with E-state index in [4.69, 9.17) is 0 Å². The van der Waals surface area contributed by atoms with Crippen molar-refractivity contribution in [2.24, 2.45) is 16.7 Å². The molecule has 2 aliphatic carbocycles. The average Bonchev–Trinajstić information content (AvgIpc) is 3.10. The predicted molar refractivity (Wildman–Crippen MR) is 137 cm³/mol. The summed E-state index contributed by atoms with van der Waals surface area (Å²) < 4.78 is 0. The van der Waals surface area contributed by atoms with Gasteiger partial charge in [-0.1, -0.05) is 102 Å². The number of aliphatic hydroxyl groups is 1. The smallest absolute Gasteiger partial charge is 0.119 e. The van der Waals surface area contributed by atoms with Gasteiger partial charge in [0.2, 0.25) is 0 Å². The molecule has 1 N–H and O–H groups in total. The summed E-state index contributed by atoms with van der Waals surface area (Å²) in [5, 5.41) is 12.8. The Bertz CT molecular complexity index is 1130. The lowest BCUT2D eigenvalue weighted by Gasteiger charge is -2.48. The Morgan fingerprint density at radius 3 is 2.09 bits per heavy atom. The number of aryl methyl sites for hydroxylation is 2. The van der Waals surface area contributed by atoms with Crippen LogP contribution in [0.2, 0.25) is 0 Å². The Morgan fingerprint density at radius 2 is 1.50 bits per heavy atom. The molecule has 0 heterocycles. The van der Waals surface area contributed by atoms with Crippen LogP contribution in [0.25, 0.3) is 11.6 Å². The number of fused-ring (bicyclic) bond motifs is 1. The number of hydrogen-bond acceptors (Lipinski definition) is 1. The topological polar surface area (TPSA) is 20.2 Å². The van der Waals surface area contributed by atoms with Gasteiger partial charge in [0, 0.05) is 5.92 Å². The fourth-order valence-corrected chi connectivity index (χ4v) is 5.29. The van der Waals surface area contributed by atoms with Gasteiger partial charge in [-0.3, -0.25) is 0 Å². The average molecular weight is 427 g/mol. The number of allylic oxidation sites excluding steroid dienone is 2. The molecule has 0 saturated heterocycles. The lowest BCUT2D eigenvalue weighted by atomic mass is 9.59. The van der Waals surface area contributed by atoms with Crippen LogP contribution in [-0.2, 0) is 6.42 Å². The summed E-state index contributed by atoms with van der Waals surface area (Å²) in [6.07, 6.45) is 7.67. The fraction of sp³-hybridized carbons (Fsp3) is 0.419. The number of hydrogen-bond donors (Lipinski definition) is 1. The summed E-state index contributed by atoms with van der Waals surface area (Å²) in [5.74, 6) is -0.0350. The van der Waals surface area contributed by atoms with Crippen LogP contribution in [0.4, 0.5) is 0 Å². The van der Waals surface area contributed by atoms with Gasteiger partial charge in [-0.05, 0) is 75.6 Å². The number of rotatable bonds is 2. The van der Waals surface area contributed by atoms with Crippen LogP contribution >= 0.6 is 0 Å². The van der Waals surface area contributed by atoms with E-state index in [-0.39, 0.29) is 16.7 Å². The summed E-state index contributed by atoms with van der Waals surface area (Å²) in [7, 11) is 0. The molecule has 2 unspecified atom stereocenters. The Hall–Kier alpha value is -2.38. The molecule has 1 nitrogen and oxygen atoms in total. The molecule has 1 heteroatoms. The van der Waals surface area contributed by atoms with Crippen LogP contribution in [-0.4, -0.2) is 10.7 Å². The Balaban J connectivity index is 1.95. The molecule has 2 atom stereocenters. The Labute approximate surface area is 194 Å². The lowest BCUT2D eigenvalue weighted by Crippen LogP contribution is -2.48.